The topological polar surface area (TPSA) is 23.8 Å². The third-order valence-electron chi connectivity index (χ3n) is 7.15. The zero-order chi connectivity index (χ0) is 18.4. The molecule has 0 aliphatic heterocycles. The molecule has 2 saturated carbocycles. The molecule has 3 rings (SSSR count). The summed E-state index contributed by atoms with van der Waals surface area (Å²) in [5.74, 6) is 3.51. The molecule has 0 unspecified atom stereocenters. The number of hydrogen-bond acceptors (Lipinski definition) is 1. The van der Waals surface area contributed by atoms with Crippen LogP contribution in [0.25, 0.3) is 0 Å². The Morgan fingerprint density at radius 2 is 1.50 bits per heavy atom. The normalized spacial score (nSPS) is 29.3. The van der Waals surface area contributed by atoms with Crippen molar-refractivity contribution < 1.29 is 4.39 Å². The Balaban J connectivity index is 1.40. The van der Waals surface area contributed by atoms with Crippen LogP contribution in [0.2, 0.25) is 0 Å². The van der Waals surface area contributed by atoms with Crippen LogP contribution in [0.15, 0.2) is 18.2 Å². The second-order valence-corrected chi connectivity index (χ2v) is 8.81. The van der Waals surface area contributed by atoms with E-state index >= 15 is 0 Å². The average Bonchev–Trinajstić information content (AvgIpc) is 2.68. The van der Waals surface area contributed by atoms with Gasteiger partial charge in [-0.25, -0.2) is 4.39 Å². The first kappa shape index (κ1) is 19.4. The first-order valence-electron chi connectivity index (χ1n) is 10.9. The van der Waals surface area contributed by atoms with Crippen molar-refractivity contribution in [1.82, 2.24) is 0 Å². The van der Waals surface area contributed by atoms with Crippen LogP contribution in [0.3, 0.4) is 0 Å². The lowest BCUT2D eigenvalue weighted by Crippen LogP contribution is -2.26. The van der Waals surface area contributed by atoms with Gasteiger partial charge in [-0.05, 0) is 79.9 Å². The standard InChI is InChI=1S/C24H34FN/c1-2-3-18-4-10-21(11-5-18)22-12-6-19(7-13-22)8-14-23-15-9-20(17-26)16-24(23)25/h9,15-16,18-19,21-22H,2-8,10-14H2,1H3/t18-,19?,21-,22?. The Morgan fingerprint density at radius 3 is 2.00 bits per heavy atom. The number of halogens is 1. The minimum atomic E-state index is -0.207. The lowest BCUT2D eigenvalue weighted by Gasteiger charge is -2.38. The average molecular weight is 356 g/mol. The Bertz CT molecular complexity index is 601. The summed E-state index contributed by atoms with van der Waals surface area (Å²) in [7, 11) is 0. The SMILES string of the molecule is CCC[C@H]1CC[C@H](C2CCC(CCc3ccc(C#N)cc3F)CC2)CC1. The van der Waals surface area contributed by atoms with Crippen LogP contribution in [0.5, 0.6) is 0 Å². The summed E-state index contributed by atoms with van der Waals surface area (Å²) in [6.45, 7) is 2.32. The zero-order valence-corrected chi connectivity index (χ0v) is 16.4. The smallest absolute Gasteiger partial charge is 0.127 e. The van der Waals surface area contributed by atoms with Crippen molar-refractivity contribution >= 4 is 0 Å². The highest BCUT2D eigenvalue weighted by Gasteiger charge is 2.30. The molecule has 1 aromatic carbocycles. The number of nitriles is 1. The van der Waals surface area contributed by atoms with Gasteiger partial charge in [-0.2, -0.15) is 5.26 Å². The van der Waals surface area contributed by atoms with Gasteiger partial charge in [0.25, 0.3) is 0 Å². The van der Waals surface area contributed by atoms with Crippen LogP contribution in [0.4, 0.5) is 4.39 Å². The summed E-state index contributed by atoms with van der Waals surface area (Å²) in [4.78, 5) is 0. The number of aryl methyl sites for hydroxylation is 1. The third-order valence-corrected chi connectivity index (χ3v) is 7.15. The molecule has 0 saturated heterocycles. The number of nitrogens with zero attached hydrogens (tertiary/aromatic N) is 1. The fourth-order valence-electron chi connectivity index (χ4n) is 5.48. The van der Waals surface area contributed by atoms with E-state index in [0.29, 0.717) is 5.56 Å². The highest BCUT2D eigenvalue weighted by molar-refractivity contribution is 5.32. The zero-order valence-electron chi connectivity index (χ0n) is 16.4. The second-order valence-electron chi connectivity index (χ2n) is 8.81. The van der Waals surface area contributed by atoms with E-state index in [1.54, 1.807) is 12.1 Å². The highest BCUT2D eigenvalue weighted by Crippen LogP contribution is 2.42. The predicted octanol–water partition coefficient (Wildman–Crippen LogP) is 7.04. The summed E-state index contributed by atoms with van der Waals surface area (Å²) < 4.78 is 14.0. The van der Waals surface area contributed by atoms with E-state index in [1.165, 1.54) is 70.3 Å². The van der Waals surface area contributed by atoms with Gasteiger partial charge in [0.05, 0.1) is 11.6 Å². The molecule has 0 bridgehead atoms. The largest absolute Gasteiger partial charge is 0.207 e. The van der Waals surface area contributed by atoms with Gasteiger partial charge in [0.2, 0.25) is 0 Å². The molecule has 2 aliphatic rings. The molecule has 142 valence electrons. The van der Waals surface area contributed by atoms with Gasteiger partial charge in [-0.3, -0.25) is 0 Å². The molecule has 26 heavy (non-hydrogen) atoms. The fourth-order valence-corrected chi connectivity index (χ4v) is 5.48. The molecule has 0 spiro atoms. The van der Waals surface area contributed by atoms with Crippen LogP contribution in [-0.4, -0.2) is 0 Å². The van der Waals surface area contributed by atoms with Gasteiger partial charge in [0.15, 0.2) is 0 Å². The molecule has 2 aliphatic carbocycles. The predicted molar refractivity (Wildman–Crippen MR) is 105 cm³/mol. The van der Waals surface area contributed by atoms with Crippen molar-refractivity contribution in [2.75, 3.05) is 0 Å². The molecule has 0 radical (unpaired) electrons. The molecule has 1 aromatic rings. The summed E-state index contributed by atoms with van der Waals surface area (Å²) in [5, 5.41) is 8.84. The van der Waals surface area contributed by atoms with E-state index in [1.807, 2.05) is 6.07 Å². The quantitative estimate of drug-likeness (QED) is 0.536. The Labute approximate surface area is 159 Å². The summed E-state index contributed by atoms with van der Waals surface area (Å²) in [6.07, 6.45) is 16.0. The Hall–Kier alpha value is -1.36. The third kappa shape index (κ3) is 5.09. The molecular formula is C24H34FN. The minimum absolute atomic E-state index is 0.207. The monoisotopic (exact) mass is 355 g/mol. The van der Waals surface area contributed by atoms with Crippen molar-refractivity contribution in [3.8, 4) is 6.07 Å². The van der Waals surface area contributed by atoms with Gasteiger partial charge < -0.3 is 0 Å². The molecule has 2 fully saturated rings. The summed E-state index contributed by atoms with van der Waals surface area (Å²) in [5.41, 5.74) is 1.20. The lowest BCUT2D eigenvalue weighted by molar-refractivity contribution is 0.141. The van der Waals surface area contributed by atoms with Crippen molar-refractivity contribution in [2.45, 2.75) is 84.0 Å². The molecule has 0 aromatic heterocycles. The van der Waals surface area contributed by atoms with Gasteiger partial charge >= 0.3 is 0 Å². The Kier molecular flexibility index (Phi) is 7.12. The van der Waals surface area contributed by atoms with Crippen LogP contribution >= 0.6 is 0 Å². The van der Waals surface area contributed by atoms with Crippen molar-refractivity contribution in [3.05, 3.63) is 35.1 Å². The number of hydrogen-bond donors (Lipinski definition) is 0. The van der Waals surface area contributed by atoms with E-state index in [-0.39, 0.29) is 5.82 Å². The number of benzene rings is 1. The van der Waals surface area contributed by atoms with E-state index in [4.69, 9.17) is 5.26 Å². The van der Waals surface area contributed by atoms with Crippen LogP contribution in [-0.2, 0) is 6.42 Å². The maximum Gasteiger partial charge on any atom is 0.127 e. The van der Waals surface area contributed by atoms with Crippen molar-refractivity contribution in [2.24, 2.45) is 23.7 Å². The van der Waals surface area contributed by atoms with E-state index in [0.717, 1.165) is 42.1 Å². The molecule has 0 atom stereocenters. The van der Waals surface area contributed by atoms with E-state index in [2.05, 4.69) is 6.92 Å². The Morgan fingerprint density at radius 1 is 0.923 bits per heavy atom. The maximum absolute atomic E-state index is 14.0. The molecule has 0 N–H and O–H groups in total. The molecule has 0 heterocycles. The lowest BCUT2D eigenvalue weighted by atomic mass is 9.68. The first-order chi connectivity index (χ1) is 12.7. The van der Waals surface area contributed by atoms with Gasteiger partial charge in [0, 0.05) is 0 Å². The van der Waals surface area contributed by atoms with Gasteiger partial charge in [-0.15, -0.1) is 0 Å². The van der Waals surface area contributed by atoms with Crippen LogP contribution in [0.1, 0.15) is 88.7 Å². The summed E-state index contributed by atoms with van der Waals surface area (Å²) in [6, 6.07) is 6.92. The number of rotatable bonds is 6. The molecule has 1 nitrogen and oxygen atoms in total. The summed E-state index contributed by atoms with van der Waals surface area (Å²) >= 11 is 0. The van der Waals surface area contributed by atoms with Crippen LogP contribution < -0.4 is 0 Å². The van der Waals surface area contributed by atoms with E-state index in [9.17, 15) is 4.39 Å². The maximum atomic E-state index is 14.0. The fraction of sp³-hybridized carbons (Fsp3) is 0.708. The molecule has 2 heteroatoms. The first-order valence-corrected chi connectivity index (χ1v) is 10.9. The van der Waals surface area contributed by atoms with E-state index < -0.39 is 0 Å². The highest BCUT2D eigenvalue weighted by atomic mass is 19.1. The van der Waals surface area contributed by atoms with Crippen molar-refractivity contribution in [1.29, 1.82) is 5.26 Å². The van der Waals surface area contributed by atoms with Crippen molar-refractivity contribution in [3.63, 3.8) is 0 Å². The minimum Gasteiger partial charge on any atom is -0.207 e. The van der Waals surface area contributed by atoms with Gasteiger partial charge in [0.1, 0.15) is 5.82 Å². The molecular weight excluding hydrogens is 321 g/mol. The van der Waals surface area contributed by atoms with Gasteiger partial charge in [-0.1, -0.05) is 51.5 Å². The second kappa shape index (κ2) is 9.54. The molecule has 0 amide bonds. The van der Waals surface area contributed by atoms with Crippen LogP contribution in [0, 0.1) is 40.8 Å².